The number of imide groups is 1. The Morgan fingerprint density at radius 2 is 1.78 bits per heavy atom. The summed E-state index contributed by atoms with van der Waals surface area (Å²) in [5.74, 6) is 0.0102. The molecule has 9 heteroatoms. The molecular formula is C23H20N4O5. The molecule has 3 aromatic rings. The Bertz CT molecular complexity index is 1280. The summed E-state index contributed by atoms with van der Waals surface area (Å²) in [6.07, 6.45) is 1.60. The second-order valence-electron chi connectivity index (χ2n) is 7.24. The lowest BCUT2D eigenvalue weighted by Crippen LogP contribution is -2.30. The Kier molecular flexibility index (Phi) is 5.23. The highest BCUT2D eigenvalue weighted by Crippen LogP contribution is 2.32. The first-order valence-corrected chi connectivity index (χ1v) is 9.75. The van der Waals surface area contributed by atoms with Crippen LogP contribution in [0.4, 0.5) is 16.2 Å². The number of para-hydroxylation sites is 1. The predicted molar refractivity (Wildman–Crippen MR) is 119 cm³/mol. The van der Waals surface area contributed by atoms with Crippen LogP contribution < -0.4 is 15.0 Å². The van der Waals surface area contributed by atoms with Gasteiger partial charge in [0, 0.05) is 23.5 Å². The maximum atomic E-state index is 12.9. The van der Waals surface area contributed by atoms with Gasteiger partial charge in [-0.15, -0.1) is 0 Å². The number of carbonyl (C=O) groups is 2. The van der Waals surface area contributed by atoms with Crippen molar-refractivity contribution in [3.63, 3.8) is 0 Å². The van der Waals surface area contributed by atoms with E-state index in [9.17, 15) is 19.7 Å². The first kappa shape index (κ1) is 20.9. The highest BCUT2D eigenvalue weighted by molar-refractivity contribution is 6.28. The number of nitro groups is 1. The summed E-state index contributed by atoms with van der Waals surface area (Å²) in [5, 5.41) is 13.9. The molecule has 1 N–H and O–H groups in total. The number of methoxy groups -OCH3 is 1. The summed E-state index contributed by atoms with van der Waals surface area (Å²) < 4.78 is 7.22. The minimum absolute atomic E-state index is 0.0649. The van der Waals surface area contributed by atoms with Gasteiger partial charge in [-0.3, -0.25) is 14.9 Å². The Morgan fingerprint density at radius 1 is 1.06 bits per heavy atom. The zero-order valence-electron chi connectivity index (χ0n) is 17.7. The number of rotatable bonds is 5. The monoisotopic (exact) mass is 432 g/mol. The fourth-order valence-corrected chi connectivity index (χ4v) is 3.77. The van der Waals surface area contributed by atoms with E-state index >= 15 is 0 Å². The molecule has 1 aromatic heterocycles. The summed E-state index contributed by atoms with van der Waals surface area (Å²) >= 11 is 0. The lowest BCUT2D eigenvalue weighted by Gasteiger charge is -2.14. The molecule has 0 atom stereocenters. The van der Waals surface area contributed by atoms with E-state index < -0.39 is 16.9 Å². The van der Waals surface area contributed by atoms with Gasteiger partial charge in [-0.1, -0.05) is 18.2 Å². The number of aryl methyl sites for hydroxylation is 1. The quantitative estimate of drug-likeness (QED) is 0.283. The smallest absolute Gasteiger partial charge is 0.333 e. The number of hydrogen-bond acceptors (Lipinski definition) is 5. The van der Waals surface area contributed by atoms with Crippen LogP contribution >= 0.6 is 0 Å². The summed E-state index contributed by atoms with van der Waals surface area (Å²) in [6.45, 7) is 3.67. The third-order valence-corrected chi connectivity index (χ3v) is 5.28. The summed E-state index contributed by atoms with van der Waals surface area (Å²) in [6, 6.07) is 14.3. The van der Waals surface area contributed by atoms with Crippen molar-refractivity contribution in [1.82, 2.24) is 9.88 Å². The number of nitrogens with zero attached hydrogens (tertiary/aromatic N) is 3. The van der Waals surface area contributed by atoms with Crippen LogP contribution in [0.25, 0.3) is 11.8 Å². The molecule has 2 heterocycles. The minimum atomic E-state index is -0.526. The van der Waals surface area contributed by atoms with Crippen LogP contribution in [0.15, 0.2) is 60.3 Å². The molecule has 1 fully saturated rings. The molecule has 32 heavy (non-hydrogen) atoms. The number of hydrogen-bond donors (Lipinski definition) is 1. The van der Waals surface area contributed by atoms with Gasteiger partial charge < -0.3 is 14.6 Å². The fourth-order valence-electron chi connectivity index (χ4n) is 3.77. The van der Waals surface area contributed by atoms with E-state index in [4.69, 9.17) is 4.74 Å². The topological polar surface area (TPSA) is 107 Å². The summed E-state index contributed by atoms with van der Waals surface area (Å²) in [4.78, 5) is 37.2. The molecule has 0 unspecified atom stereocenters. The fraction of sp³-hybridized carbons (Fsp3) is 0.130. The van der Waals surface area contributed by atoms with Crippen LogP contribution in [-0.4, -0.2) is 28.5 Å². The molecule has 0 aliphatic carbocycles. The van der Waals surface area contributed by atoms with Crippen LogP contribution in [0.3, 0.4) is 0 Å². The normalized spacial score (nSPS) is 14.7. The highest BCUT2D eigenvalue weighted by atomic mass is 16.6. The molecule has 9 nitrogen and oxygen atoms in total. The third kappa shape index (κ3) is 3.49. The van der Waals surface area contributed by atoms with Crippen molar-refractivity contribution >= 4 is 29.4 Å². The predicted octanol–water partition coefficient (Wildman–Crippen LogP) is 4.11. The number of benzene rings is 2. The molecular weight excluding hydrogens is 412 g/mol. The van der Waals surface area contributed by atoms with Gasteiger partial charge in [-0.05, 0) is 49.8 Å². The van der Waals surface area contributed by atoms with Crippen LogP contribution in [0.2, 0.25) is 0 Å². The molecule has 2 aromatic carbocycles. The van der Waals surface area contributed by atoms with E-state index in [1.54, 1.807) is 42.5 Å². The largest absolute Gasteiger partial charge is 0.495 e. The third-order valence-electron chi connectivity index (χ3n) is 5.28. The Morgan fingerprint density at radius 3 is 2.44 bits per heavy atom. The van der Waals surface area contributed by atoms with E-state index in [-0.39, 0.29) is 11.4 Å². The molecule has 0 saturated carbocycles. The number of non-ortho nitro benzene ring substituents is 1. The lowest BCUT2D eigenvalue weighted by atomic mass is 10.2. The van der Waals surface area contributed by atoms with Crippen LogP contribution in [-0.2, 0) is 4.79 Å². The number of urea groups is 1. The van der Waals surface area contributed by atoms with Gasteiger partial charge >= 0.3 is 6.03 Å². The summed E-state index contributed by atoms with van der Waals surface area (Å²) in [7, 11) is 1.49. The maximum absolute atomic E-state index is 12.9. The number of nitro benzene ring substituents is 1. The van der Waals surface area contributed by atoms with E-state index in [0.717, 1.165) is 16.3 Å². The Hall–Kier alpha value is -4.40. The van der Waals surface area contributed by atoms with Gasteiger partial charge in [0.1, 0.15) is 11.4 Å². The number of carbonyl (C=O) groups excluding carboxylic acids is 2. The number of ether oxygens (including phenoxy) is 1. The van der Waals surface area contributed by atoms with Crippen molar-refractivity contribution in [2.24, 2.45) is 0 Å². The maximum Gasteiger partial charge on any atom is 0.333 e. The van der Waals surface area contributed by atoms with Crippen molar-refractivity contribution in [1.29, 1.82) is 0 Å². The van der Waals surface area contributed by atoms with Crippen molar-refractivity contribution in [2.45, 2.75) is 13.8 Å². The number of anilines is 1. The van der Waals surface area contributed by atoms with Gasteiger partial charge in [0.25, 0.3) is 11.6 Å². The first-order chi connectivity index (χ1) is 15.3. The molecule has 3 amide bonds. The van der Waals surface area contributed by atoms with Crippen LogP contribution in [0, 0.1) is 24.0 Å². The highest BCUT2D eigenvalue weighted by Gasteiger charge is 2.35. The molecule has 0 spiro atoms. The second-order valence-corrected chi connectivity index (χ2v) is 7.24. The average Bonchev–Trinajstić information content (AvgIpc) is 3.22. The molecule has 162 valence electrons. The minimum Gasteiger partial charge on any atom is -0.495 e. The number of aromatic nitrogens is 1. The lowest BCUT2D eigenvalue weighted by molar-refractivity contribution is -0.384. The molecule has 4 rings (SSSR count). The number of nitrogens with one attached hydrogen (secondary N) is 1. The van der Waals surface area contributed by atoms with E-state index in [1.807, 2.05) is 24.5 Å². The van der Waals surface area contributed by atoms with Crippen LogP contribution in [0.5, 0.6) is 5.75 Å². The Labute approximate surface area is 183 Å². The zero-order chi connectivity index (χ0) is 23.0. The molecule has 0 bridgehead atoms. The first-order valence-electron chi connectivity index (χ1n) is 9.75. The van der Waals surface area contributed by atoms with Gasteiger partial charge in [-0.2, -0.15) is 0 Å². The van der Waals surface area contributed by atoms with Crippen LogP contribution in [0.1, 0.15) is 17.0 Å². The molecule has 1 aliphatic rings. The van der Waals surface area contributed by atoms with Gasteiger partial charge in [0.15, 0.2) is 0 Å². The Balaban J connectivity index is 1.76. The summed E-state index contributed by atoms with van der Waals surface area (Å²) in [5.41, 5.74) is 3.27. The number of amides is 3. The van der Waals surface area contributed by atoms with Gasteiger partial charge in [0.2, 0.25) is 0 Å². The van der Waals surface area contributed by atoms with Crippen molar-refractivity contribution in [2.75, 3.05) is 12.0 Å². The second kappa shape index (κ2) is 8.03. The van der Waals surface area contributed by atoms with Crippen molar-refractivity contribution < 1.29 is 19.2 Å². The van der Waals surface area contributed by atoms with Crippen molar-refractivity contribution in [3.8, 4) is 11.4 Å². The van der Waals surface area contributed by atoms with Crippen molar-refractivity contribution in [3.05, 3.63) is 87.4 Å². The van der Waals surface area contributed by atoms with Gasteiger partial charge in [-0.25, -0.2) is 9.69 Å². The molecule has 1 saturated heterocycles. The molecule has 0 radical (unpaired) electrons. The SMILES string of the molecule is COc1ccc([N+](=O)[O-])cc1-n1c(C)cc(/C=C2/NC(=O)N(c3ccccc3)C2=O)c1C. The van der Waals surface area contributed by atoms with E-state index in [1.165, 1.54) is 19.2 Å². The van der Waals surface area contributed by atoms with E-state index in [0.29, 0.717) is 22.7 Å². The standard InChI is InChI=1S/C23H20N4O5/c1-14-11-16(12-19-22(28)26(23(29)24-19)17-7-5-4-6-8-17)15(2)25(14)20-13-18(27(30)31)9-10-21(20)32-3/h4-13H,1-3H3,(H,24,29)/b19-12+. The zero-order valence-corrected chi connectivity index (χ0v) is 17.7. The van der Waals surface area contributed by atoms with E-state index in [2.05, 4.69) is 5.32 Å². The average molecular weight is 432 g/mol. The van der Waals surface area contributed by atoms with Gasteiger partial charge in [0.05, 0.1) is 23.4 Å². The molecule has 1 aliphatic heterocycles.